The van der Waals surface area contributed by atoms with Crippen molar-refractivity contribution in [3.8, 4) is 11.8 Å². The number of benzene rings is 2. The molecular formula is C16H11F4NO. The fourth-order valence-corrected chi connectivity index (χ4v) is 1.88. The zero-order valence-electron chi connectivity index (χ0n) is 11.3. The summed E-state index contributed by atoms with van der Waals surface area (Å²) in [4.78, 5) is 0. The van der Waals surface area contributed by atoms with Gasteiger partial charge in [-0.2, -0.15) is 18.4 Å². The first-order chi connectivity index (χ1) is 10.4. The number of hydrogen-bond acceptors (Lipinski definition) is 2. The average Bonchev–Trinajstić information content (AvgIpc) is 2.48. The lowest BCUT2D eigenvalue weighted by Gasteiger charge is -2.12. The van der Waals surface area contributed by atoms with Crippen LogP contribution in [0.4, 0.5) is 17.6 Å². The van der Waals surface area contributed by atoms with Crippen molar-refractivity contribution < 1.29 is 22.3 Å². The quantitative estimate of drug-likeness (QED) is 0.787. The van der Waals surface area contributed by atoms with Gasteiger partial charge in [0, 0.05) is 6.42 Å². The standard InChI is InChI=1S/C16H11F4NO/c17-13-4-1-11(2-5-13)7-8-22-14-6-3-12(10-21)15(9-14)16(18,19)20/h1-6,9H,7-8H2. The molecule has 2 nitrogen and oxygen atoms in total. The van der Waals surface area contributed by atoms with E-state index in [1.165, 1.54) is 24.3 Å². The predicted molar refractivity (Wildman–Crippen MR) is 71.8 cm³/mol. The highest BCUT2D eigenvalue weighted by atomic mass is 19.4. The Morgan fingerprint density at radius 2 is 1.73 bits per heavy atom. The van der Waals surface area contributed by atoms with Gasteiger partial charge in [0.2, 0.25) is 0 Å². The van der Waals surface area contributed by atoms with Crippen molar-refractivity contribution >= 4 is 0 Å². The molecule has 0 saturated carbocycles. The van der Waals surface area contributed by atoms with Crippen molar-refractivity contribution in [1.82, 2.24) is 0 Å². The summed E-state index contributed by atoms with van der Waals surface area (Å²) in [6.07, 6.45) is -4.18. The van der Waals surface area contributed by atoms with Gasteiger partial charge in [-0.1, -0.05) is 12.1 Å². The minimum Gasteiger partial charge on any atom is -0.493 e. The van der Waals surface area contributed by atoms with Crippen LogP contribution in [0.2, 0.25) is 0 Å². The zero-order chi connectivity index (χ0) is 16.2. The molecule has 0 aliphatic carbocycles. The van der Waals surface area contributed by atoms with Crippen LogP contribution in [0.3, 0.4) is 0 Å². The van der Waals surface area contributed by atoms with Gasteiger partial charge in [0.15, 0.2) is 0 Å². The molecule has 0 aliphatic rings. The minimum absolute atomic E-state index is 0.0356. The molecule has 0 fully saturated rings. The largest absolute Gasteiger partial charge is 0.493 e. The van der Waals surface area contributed by atoms with Crippen LogP contribution >= 0.6 is 0 Å². The summed E-state index contributed by atoms with van der Waals surface area (Å²) in [7, 11) is 0. The Morgan fingerprint density at radius 3 is 2.32 bits per heavy atom. The maximum Gasteiger partial charge on any atom is 0.417 e. The van der Waals surface area contributed by atoms with E-state index in [-0.39, 0.29) is 18.2 Å². The molecule has 0 aliphatic heterocycles. The lowest BCUT2D eigenvalue weighted by molar-refractivity contribution is -0.137. The van der Waals surface area contributed by atoms with Crippen molar-refractivity contribution in [1.29, 1.82) is 5.26 Å². The van der Waals surface area contributed by atoms with Crippen LogP contribution in [0.1, 0.15) is 16.7 Å². The van der Waals surface area contributed by atoms with Crippen LogP contribution in [0, 0.1) is 17.1 Å². The third kappa shape index (κ3) is 3.98. The van der Waals surface area contributed by atoms with E-state index in [0.29, 0.717) is 6.42 Å². The molecule has 0 N–H and O–H groups in total. The van der Waals surface area contributed by atoms with Gasteiger partial charge in [-0.25, -0.2) is 4.39 Å². The SMILES string of the molecule is N#Cc1ccc(OCCc2ccc(F)cc2)cc1C(F)(F)F. The normalized spacial score (nSPS) is 11.0. The molecule has 22 heavy (non-hydrogen) atoms. The molecule has 114 valence electrons. The first kappa shape index (κ1) is 15.8. The van der Waals surface area contributed by atoms with Crippen molar-refractivity contribution in [2.24, 2.45) is 0 Å². The number of rotatable bonds is 4. The second kappa shape index (κ2) is 6.48. The van der Waals surface area contributed by atoms with Crippen LogP contribution in [0.5, 0.6) is 5.75 Å². The topological polar surface area (TPSA) is 33.0 Å². The smallest absolute Gasteiger partial charge is 0.417 e. The van der Waals surface area contributed by atoms with E-state index in [1.54, 1.807) is 12.1 Å². The molecular weight excluding hydrogens is 298 g/mol. The van der Waals surface area contributed by atoms with Gasteiger partial charge in [0.1, 0.15) is 11.6 Å². The van der Waals surface area contributed by atoms with Crippen LogP contribution in [0.25, 0.3) is 0 Å². The van der Waals surface area contributed by atoms with E-state index in [4.69, 9.17) is 10.00 Å². The van der Waals surface area contributed by atoms with Gasteiger partial charge in [-0.05, 0) is 35.9 Å². The number of hydrogen-bond donors (Lipinski definition) is 0. The second-order valence-corrected chi connectivity index (χ2v) is 4.54. The van der Waals surface area contributed by atoms with Crippen molar-refractivity contribution in [3.05, 3.63) is 65.0 Å². The summed E-state index contributed by atoms with van der Waals surface area (Å²) < 4.78 is 56.4. The van der Waals surface area contributed by atoms with Gasteiger partial charge >= 0.3 is 6.18 Å². The summed E-state index contributed by atoms with van der Waals surface area (Å²) in [6, 6.07) is 10.5. The van der Waals surface area contributed by atoms with E-state index in [1.807, 2.05) is 0 Å². The van der Waals surface area contributed by atoms with E-state index in [9.17, 15) is 17.6 Å². The van der Waals surface area contributed by atoms with Crippen molar-refractivity contribution in [2.75, 3.05) is 6.61 Å². The Hall–Kier alpha value is -2.55. The molecule has 6 heteroatoms. The number of ether oxygens (including phenoxy) is 1. The van der Waals surface area contributed by atoms with E-state index >= 15 is 0 Å². The lowest BCUT2D eigenvalue weighted by Crippen LogP contribution is -2.09. The molecule has 0 unspecified atom stereocenters. The number of alkyl halides is 3. The van der Waals surface area contributed by atoms with Gasteiger partial charge in [-0.3, -0.25) is 0 Å². The Morgan fingerprint density at radius 1 is 1.05 bits per heavy atom. The van der Waals surface area contributed by atoms with Crippen molar-refractivity contribution in [2.45, 2.75) is 12.6 Å². The molecule has 0 saturated heterocycles. The second-order valence-electron chi connectivity index (χ2n) is 4.54. The first-order valence-corrected chi connectivity index (χ1v) is 6.39. The number of nitrogens with zero attached hydrogens (tertiary/aromatic N) is 1. The number of halogens is 4. The lowest BCUT2D eigenvalue weighted by atomic mass is 10.1. The molecule has 2 aromatic carbocycles. The maximum absolute atomic E-state index is 12.8. The Balaban J connectivity index is 2.04. The zero-order valence-corrected chi connectivity index (χ0v) is 11.3. The van der Waals surface area contributed by atoms with Crippen LogP contribution < -0.4 is 4.74 Å². The third-order valence-corrected chi connectivity index (χ3v) is 2.99. The average molecular weight is 309 g/mol. The molecule has 2 aromatic rings. The molecule has 0 radical (unpaired) electrons. The third-order valence-electron chi connectivity index (χ3n) is 2.99. The van der Waals surface area contributed by atoms with Crippen LogP contribution in [-0.4, -0.2) is 6.61 Å². The maximum atomic E-state index is 12.8. The monoisotopic (exact) mass is 309 g/mol. The highest BCUT2D eigenvalue weighted by molar-refractivity contribution is 5.44. The fraction of sp³-hybridized carbons (Fsp3) is 0.188. The fourth-order valence-electron chi connectivity index (χ4n) is 1.88. The summed E-state index contributed by atoms with van der Waals surface area (Å²) >= 11 is 0. The molecule has 0 atom stereocenters. The molecule has 0 spiro atoms. The predicted octanol–water partition coefficient (Wildman–Crippen LogP) is 4.34. The van der Waals surface area contributed by atoms with Crippen LogP contribution in [0.15, 0.2) is 42.5 Å². The highest BCUT2D eigenvalue weighted by Gasteiger charge is 2.34. The van der Waals surface area contributed by atoms with Gasteiger partial charge in [0.25, 0.3) is 0 Å². The molecule has 0 amide bonds. The van der Waals surface area contributed by atoms with Crippen LogP contribution in [-0.2, 0) is 12.6 Å². The summed E-state index contributed by atoms with van der Waals surface area (Å²) in [5.74, 6) is -0.319. The molecule has 0 bridgehead atoms. The molecule has 0 heterocycles. The summed E-state index contributed by atoms with van der Waals surface area (Å²) in [6.45, 7) is 0.148. The first-order valence-electron chi connectivity index (χ1n) is 6.39. The molecule has 2 rings (SSSR count). The molecule has 0 aromatic heterocycles. The minimum atomic E-state index is -4.61. The van der Waals surface area contributed by atoms with Crippen molar-refractivity contribution in [3.63, 3.8) is 0 Å². The highest BCUT2D eigenvalue weighted by Crippen LogP contribution is 2.34. The van der Waals surface area contributed by atoms with E-state index in [0.717, 1.165) is 17.7 Å². The Labute approximate surface area is 124 Å². The summed E-state index contributed by atoms with van der Waals surface area (Å²) in [5, 5.41) is 8.70. The number of nitriles is 1. The van der Waals surface area contributed by atoms with E-state index in [2.05, 4.69) is 0 Å². The van der Waals surface area contributed by atoms with Gasteiger partial charge in [0.05, 0.1) is 23.8 Å². The Kier molecular flexibility index (Phi) is 4.66. The van der Waals surface area contributed by atoms with Gasteiger partial charge in [-0.15, -0.1) is 0 Å². The van der Waals surface area contributed by atoms with E-state index < -0.39 is 17.3 Å². The Bertz CT molecular complexity index is 687. The summed E-state index contributed by atoms with van der Waals surface area (Å²) in [5.41, 5.74) is -0.654. The van der Waals surface area contributed by atoms with Gasteiger partial charge < -0.3 is 4.74 Å².